The Morgan fingerprint density at radius 1 is 1.14 bits per heavy atom. The molecule has 0 aliphatic heterocycles. The van der Waals surface area contributed by atoms with E-state index in [0.717, 1.165) is 46.4 Å². The minimum atomic E-state index is -1.16. The first-order chi connectivity index (χ1) is 24.0. The van der Waals surface area contributed by atoms with E-state index in [2.05, 4.69) is 37.7 Å². The maximum atomic E-state index is 14.1. The predicted octanol–water partition coefficient (Wildman–Crippen LogP) is 7.01. The quantitative estimate of drug-likeness (QED) is 0.0962. The molecule has 1 N–H and O–H groups in total. The lowest BCUT2D eigenvalue weighted by Gasteiger charge is -2.26. The first kappa shape index (κ1) is 37.0. The number of esters is 1. The van der Waals surface area contributed by atoms with Crippen LogP contribution < -0.4 is 14.8 Å². The van der Waals surface area contributed by atoms with Crippen LogP contribution in [-0.4, -0.2) is 71.6 Å². The zero-order valence-electron chi connectivity index (χ0n) is 30.1. The zero-order chi connectivity index (χ0) is 36.2. The van der Waals surface area contributed by atoms with Gasteiger partial charge >= 0.3 is 5.97 Å². The fourth-order valence-electron chi connectivity index (χ4n) is 6.91. The highest BCUT2D eigenvalue weighted by molar-refractivity contribution is 7.13. The van der Waals surface area contributed by atoms with Gasteiger partial charge in [-0.2, -0.15) is 0 Å². The Morgan fingerprint density at radius 3 is 2.54 bits per heavy atom. The summed E-state index contributed by atoms with van der Waals surface area (Å²) in [5, 5.41) is 6.63. The van der Waals surface area contributed by atoms with Crippen molar-refractivity contribution in [3.8, 4) is 22.2 Å². The number of carbonyl (C=O) groups is 3. The average Bonchev–Trinajstić information content (AvgIpc) is 3.39. The van der Waals surface area contributed by atoms with Crippen molar-refractivity contribution >= 4 is 40.0 Å². The minimum Gasteiger partial charge on any atom is -0.496 e. The lowest BCUT2D eigenvalue weighted by Crippen LogP contribution is -2.50. The molecule has 2 aliphatic carbocycles. The van der Waals surface area contributed by atoms with Crippen LogP contribution in [-0.2, 0) is 19.1 Å². The van der Waals surface area contributed by atoms with Gasteiger partial charge in [0.05, 0.1) is 36.8 Å². The molecule has 2 fully saturated rings. The van der Waals surface area contributed by atoms with Crippen molar-refractivity contribution < 1.29 is 28.6 Å². The Labute approximate surface area is 299 Å². The number of benzene rings is 1. The number of aromatic nitrogens is 2. The van der Waals surface area contributed by atoms with Crippen LogP contribution in [0.1, 0.15) is 76.5 Å². The average molecular weight is 703 g/mol. The molecule has 1 aromatic carbocycles. The number of carbonyl (C=O) groups excluding carboxylic acids is 3. The maximum Gasteiger partial charge on any atom is 0.332 e. The van der Waals surface area contributed by atoms with Crippen molar-refractivity contribution in [2.45, 2.75) is 83.8 Å². The van der Waals surface area contributed by atoms with Crippen LogP contribution in [0.15, 0.2) is 48.9 Å². The number of fused-ring (bicyclic) bond motifs is 1. The maximum absolute atomic E-state index is 14.1. The summed E-state index contributed by atoms with van der Waals surface area (Å²) in [6, 6.07) is 5.73. The fourth-order valence-corrected chi connectivity index (χ4v) is 7.85. The summed E-state index contributed by atoms with van der Waals surface area (Å²) >= 11 is 1.53. The van der Waals surface area contributed by atoms with Crippen molar-refractivity contribution in [2.75, 3.05) is 27.3 Å². The molecule has 2 unspecified atom stereocenters. The Hall–Kier alpha value is -4.25. The number of pyridine rings is 1. The largest absolute Gasteiger partial charge is 0.496 e. The number of nitrogens with one attached hydrogen (secondary N) is 1. The number of hydrogen-bond donors (Lipinski definition) is 1. The van der Waals surface area contributed by atoms with Crippen molar-refractivity contribution in [3.63, 3.8) is 0 Å². The Bertz CT molecular complexity index is 1750. The number of ether oxygens (including phenoxy) is 3. The molecule has 0 bridgehead atoms. The van der Waals surface area contributed by atoms with Gasteiger partial charge in [-0.05, 0) is 70.4 Å². The summed E-state index contributed by atoms with van der Waals surface area (Å²) in [6.07, 6.45) is 6.78. The number of allylic oxidation sites excluding steroid dienone is 1. The van der Waals surface area contributed by atoms with Crippen LogP contribution in [0.4, 0.5) is 0 Å². The standard InChI is InChI=1S/C39H50N4O6S/c1-9-12-13-14-17-43(7)37(45)29-19-26(18-28(29)35(44)42-39(21-25(39)10-2)38(46)48-11-3)49-33-20-30(36-41-31(22-50-36)23(4)5)40-34-24(6)32(47-8)16-15-27(33)34/h9-10,15-16,20,22-23,25-26,28-29H,1-2,11-14,17-19,21H2,3-8H3,(H,42,44)/t25-,26-,28?,29?,39-/m1/s1. The van der Waals surface area contributed by atoms with E-state index in [1.165, 1.54) is 11.3 Å². The van der Waals surface area contributed by atoms with Crippen LogP contribution >= 0.6 is 11.3 Å². The summed E-state index contributed by atoms with van der Waals surface area (Å²) in [4.78, 5) is 52.7. The van der Waals surface area contributed by atoms with Gasteiger partial charge in [-0.3, -0.25) is 9.59 Å². The molecule has 2 heterocycles. The fraction of sp³-hybridized carbons (Fsp3) is 0.513. The number of amides is 2. The van der Waals surface area contributed by atoms with Gasteiger partial charge in [-0.1, -0.05) is 26.0 Å². The van der Waals surface area contributed by atoms with Gasteiger partial charge in [-0.15, -0.1) is 24.5 Å². The first-order valence-electron chi connectivity index (χ1n) is 17.6. The SMILES string of the molecule is C=CCCCCN(C)C(=O)C1C[C@H](Oc2cc(-c3nc(C(C)C)cs3)nc3c(C)c(OC)ccc23)CC1C(=O)N[C@]1(C(=O)OCC)C[C@H]1C=C. The second kappa shape index (κ2) is 15.7. The summed E-state index contributed by atoms with van der Waals surface area (Å²) in [5.74, 6) is -0.923. The summed E-state index contributed by atoms with van der Waals surface area (Å²) < 4.78 is 17.8. The molecule has 2 amide bonds. The molecule has 2 aromatic heterocycles. The highest BCUT2D eigenvalue weighted by atomic mass is 32.1. The van der Waals surface area contributed by atoms with Crippen LogP contribution in [0.25, 0.3) is 21.6 Å². The van der Waals surface area contributed by atoms with Crippen molar-refractivity contribution in [3.05, 3.63) is 60.1 Å². The van der Waals surface area contributed by atoms with E-state index >= 15 is 0 Å². The Morgan fingerprint density at radius 2 is 1.90 bits per heavy atom. The summed E-state index contributed by atoms with van der Waals surface area (Å²) in [7, 11) is 3.42. The number of unbranched alkanes of at least 4 members (excludes halogenated alkanes) is 2. The number of thiazole rings is 1. The number of nitrogens with zero attached hydrogens (tertiary/aromatic N) is 3. The van der Waals surface area contributed by atoms with E-state index in [9.17, 15) is 14.4 Å². The molecule has 2 aliphatic rings. The van der Waals surface area contributed by atoms with Crippen LogP contribution in [0.5, 0.6) is 11.5 Å². The Kier molecular flexibility index (Phi) is 11.7. The normalized spacial score (nSPS) is 22.6. The molecule has 11 heteroatoms. The van der Waals surface area contributed by atoms with Gasteiger partial charge in [-0.25, -0.2) is 14.8 Å². The zero-order valence-corrected chi connectivity index (χ0v) is 30.9. The van der Waals surface area contributed by atoms with E-state index in [1.807, 2.05) is 31.2 Å². The van der Waals surface area contributed by atoms with Gasteiger partial charge in [0.1, 0.15) is 33.8 Å². The molecule has 50 heavy (non-hydrogen) atoms. The van der Waals surface area contributed by atoms with E-state index in [-0.39, 0.29) is 30.3 Å². The topological polar surface area (TPSA) is 120 Å². The predicted molar refractivity (Wildman–Crippen MR) is 196 cm³/mol. The van der Waals surface area contributed by atoms with Crippen LogP contribution in [0, 0.1) is 24.7 Å². The molecular weight excluding hydrogens is 653 g/mol. The first-order valence-corrected chi connectivity index (χ1v) is 18.4. The molecule has 10 nitrogen and oxygen atoms in total. The molecule has 3 aromatic rings. The second-order valence-electron chi connectivity index (χ2n) is 13.7. The van der Waals surface area contributed by atoms with E-state index < -0.39 is 29.4 Å². The molecule has 0 radical (unpaired) electrons. The van der Waals surface area contributed by atoms with Crippen LogP contribution in [0.2, 0.25) is 0 Å². The van der Waals surface area contributed by atoms with Gasteiger partial charge < -0.3 is 24.4 Å². The Balaban J connectivity index is 1.47. The number of aryl methyl sites for hydroxylation is 1. The highest BCUT2D eigenvalue weighted by Gasteiger charge is 2.62. The molecule has 0 spiro atoms. The smallest absolute Gasteiger partial charge is 0.332 e. The molecular formula is C39H50N4O6S. The van der Waals surface area contributed by atoms with Gasteiger partial charge in [0.15, 0.2) is 0 Å². The highest BCUT2D eigenvalue weighted by Crippen LogP contribution is 2.47. The molecule has 2 saturated carbocycles. The molecule has 5 rings (SSSR count). The minimum absolute atomic E-state index is 0.110. The third-order valence-electron chi connectivity index (χ3n) is 9.98. The molecule has 5 atom stereocenters. The summed E-state index contributed by atoms with van der Waals surface area (Å²) in [5.41, 5.74) is 2.12. The molecule has 268 valence electrons. The molecule has 0 saturated heterocycles. The van der Waals surface area contributed by atoms with Gasteiger partial charge in [0.25, 0.3) is 0 Å². The lowest BCUT2D eigenvalue weighted by molar-refractivity contribution is -0.150. The van der Waals surface area contributed by atoms with Crippen LogP contribution in [0.3, 0.4) is 0 Å². The third kappa shape index (κ3) is 7.57. The monoisotopic (exact) mass is 702 g/mol. The van der Waals surface area contributed by atoms with Crippen molar-refractivity contribution in [2.24, 2.45) is 17.8 Å². The van der Waals surface area contributed by atoms with E-state index in [1.54, 1.807) is 32.1 Å². The van der Waals surface area contributed by atoms with Crippen molar-refractivity contribution in [1.29, 1.82) is 0 Å². The van der Waals surface area contributed by atoms with Crippen molar-refractivity contribution in [1.82, 2.24) is 20.2 Å². The number of hydrogen-bond acceptors (Lipinski definition) is 9. The lowest BCUT2D eigenvalue weighted by atomic mass is 9.93. The van der Waals surface area contributed by atoms with E-state index in [4.69, 9.17) is 24.2 Å². The van der Waals surface area contributed by atoms with Gasteiger partial charge in [0.2, 0.25) is 11.8 Å². The number of methoxy groups -OCH3 is 1. The second-order valence-corrected chi connectivity index (χ2v) is 14.6. The summed E-state index contributed by atoms with van der Waals surface area (Å²) in [6.45, 7) is 16.3. The van der Waals surface area contributed by atoms with Gasteiger partial charge in [0, 0.05) is 41.9 Å². The van der Waals surface area contributed by atoms with E-state index in [0.29, 0.717) is 43.0 Å². The third-order valence-corrected chi connectivity index (χ3v) is 10.9. The number of rotatable bonds is 16.